The molecule has 13 heteroatoms. The molecule has 1 aromatic carbocycles. The molecule has 3 aromatic rings. The third-order valence-corrected chi connectivity index (χ3v) is 6.78. The Hall–Kier alpha value is -4.96. The van der Waals surface area contributed by atoms with Gasteiger partial charge in [-0.25, -0.2) is 9.98 Å². The summed E-state index contributed by atoms with van der Waals surface area (Å²) in [5, 5.41) is 13.6. The van der Waals surface area contributed by atoms with E-state index < -0.39 is 23.8 Å². The summed E-state index contributed by atoms with van der Waals surface area (Å²) >= 11 is 0. The van der Waals surface area contributed by atoms with Crippen LogP contribution < -0.4 is 15.5 Å². The average Bonchev–Trinajstić information content (AvgIpc) is 3.38. The fourth-order valence-electron chi connectivity index (χ4n) is 4.61. The SMILES string of the molecule is CN1CCN(c2cc(C(F)(F)F)cnc2-c2nnc(N[C@H]3N=C(c4ccccc4)C4=CC=C=C=C4NC3=O)o2)CC1. The number of aliphatic imine (C=N–C) groups is 1. The van der Waals surface area contributed by atoms with E-state index in [0.29, 0.717) is 43.2 Å². The van der Waals surface area contributed by atoms with Crippen LogP contribution in [0.25, 0.3) is 11.6 Å². The molecule has 1 aliphatic carbocycles. The van der Waals surface area contributed by atoms with Crippen molar-refractivity contribution in [3.8, 4) is 11.6 Å². The largest absolute Gasteiger partial charge is 0.417 e. The highest BCUT2D eigenvalue weighted by molar-refractivity contribution is 6.17. The smallest absolute Gasteiger partial charge is 0.402 e. The lowest BCUT2D eigenvalue weighted by atomic mass is 9.98. The number of amides is 1. The Morgan fingerprint density at radius 2 is 1.90 bits per heavy atom. The van der Waals surface area contributed by atoms with Crippen LogP contribution in [0.5, 0.6) is 0 Å². The molecule has 0 saturated carbocycles. The van der Waals surface area contributed by atoms with Crippen molar-refractivity contribution in [3.05, 3.63) is 88.6 Å². The van der Waals surface area contributed by atoms with E-state index in [9.17, 15) is 18.0 Å². The number of anilines is 2. The molecule has 0 radical (unpaired) electrons. The van der Waals surface area contributed by atoms with Crippen LogP contribution in [-0.4, -0.2) is 71.1 Å². The summed E-state index contributed by atoms with van der Waals surface area (Å²) < 4.78 is 46.4. The Morgan fingerprint density at radius 3 is 2.66 bits per heavy atom. The second-order valence-electron chi connectivity index (χ2n) is 9.56. The van der Waals surface area contributed by atoms with Gasteiger partial charge < -0.3 is 24.9 Å². The highest BCUT2D eigenvalue weighted by Gasteiger charge is 2.34. The summed E-state index contributed by atoms with van der Waals surface area (Å²) in [6.07, 6.45) is -1.54. The first-order valence-corrected chi connectivity index (χ1v) is 12.7. The minimum absolute atomic E-state index is 0.0948. The Morgan fingerprint density at radius 1 is 1.12 bits per heavy atom. The molecule has 0 spiro atoms. The molecule has 10 nitrogen and oxygen atoms in total. The fourth-order valence-corrected chi connectivity index (χ4v) is 4.61. The highest BCUT2D eigenvalue weighted by Crippen LogP contribution is 2.36. The first kappa shape index (κ1) is 26.3. The van der Waals surface area contributed by atoms with Gasteiger partial charge in [0, 0.05) is 43.5 Å². The standard InChI is InChI=1S/C28H23F3N8O2/c1-38-11-13-39(14-12-38)21-15-18(28(29,30)31)16-32-23(21)26-36-37-27(41-26)35-24-25(40)33-20-10-6-5-9-19(20)22(34-24)17-7-3-2-4-8-17/h2-5,7-9,15-16,24H,11-14H2,1H3,(H,33,40)(H,35,37)/t24-/m1/s1. The van der Waals surface area contributed by atoms with Crippen molar-refractivity contribution >= 4 is 23.3 Å². The summed E-state index contributed by atoms with van der Waals surface area (Å²) in [5.74, 6) is -0.596. The summed E-state index contributed by atoms with van der Waals surface area (Å²) in [5.41, 5.74) is 7.60. The lowest BCUT2D eigenvalue weighted by Gasteiger charge is -2.34. The zero-order valence-electron chi connectivity index (χ0n) is 21.7. The van der Waals surface area contributed by atoms with Gasteiger partial charge in [0.2, 0.25) is 6.17 Å². The molecule has 1 amide bonds. The molecule has 6 rings (SSSR count). The predicted molar refractivity (Wildman–Crippen MR) is 144 cm³/mol. The number of nitrogens with zero attached hydrogens (tertiary/aromatic N) is 6. The molecule has 41 heavy (non-hydrogen) atoms. The lowest BCUT2D eigenvalue weighted by molar-refractivity contribution is -0.137. The van der Waals surface area contributed by atoms with Gasteiger partial charge in [0.1, 0.15) is 5.70 Å². The number of pyridine rings is 1. The van der Waals surface area contributed by atoms with Gasteiger partial charge in [0.05, 0.1) is 17.0 Å². The molecule has 2 N–H and O–H groups in total. The van der Waals surface area contributed by atoms with E-state index in [1.54, 1.807) is 12.2 Å². The lowest BCUT2D eigenvalue weighted by Crippen LogP contribution is -2.44. The van der Waals surface area contributed by atoms with Crippen molar-refractivity contribution < 1.29 is 22.4 Å². The second-order valence-corrected chi connectivity index (χ2v) is 9.56. The Kier molecular flexibility index (Phi) is 6.76. The van der Waals surface area contributed by atoms with Gasteiger partial charge in [-0.1, -0.05) is 41.2 Å². The van der Waals surface area contributed by atoms with Gasteiger partial charge in [-0.05, 0) is 31.0 Å². The first-order valence-electron chi connectivity index (χ1n) is 12.7. The third-order valence-electron chi connectivity index (χ3n) is 6.78. The number of allylic oxidation sites excluding steroid dienone is 3. The maximum absolute atomic E-state index is 13.5. The first-order chi connectivity index (χ1) is 19.8. The summed E-state index contributed by atoms with van der Waals surface area (Å²) in [4.78, 5) is 25.7. The molecule has 2 aromatic heterocycles. The number of hydrogen-bond donors (Lipinski definition) is 2. The third kappa shape index (κ3) is 5.42. The van der Waals surface area contributed by atoms with Gasteiger partial charge in [0.25, 0.3) is 11.8 Å². The molecule has 4 heterocycles. The van der Waals surface area contributed by atoms with E-state index >= 15 is 0 Å². The average molecular weight is 561 g/mol. The number of carbonyl (C=O) groups is 1. The number of alkyl halides is 3. The van der Waals surface area contributed by atoms with Gasteiger partial charge in [-0.15, -0.1) is 5.10 Å². The second kappa shape index (κ2) is 10.5. The van der Waals surface area contributed by atoms with Crippen LogP contribution in [0.2, 0.25) is 0 Å². The van der Waals surface area contributed by atoms with Crippen molar-refractivity contribution in [1.29, 1.82) is 0 Å². The van der Waals surface area contributed by atoms with Crippen LogP contribution in [0, 0.1) is 0 Å². The van der Waals surface area contributed by atoms with E-state index in [4.69, 9.17) is 4.42 Å². The van der Waals surface area contributed by atoms with E-state index in [1.807, 2.05) is 42.3 Å². The van der Waals surface area contributed by atoms with Crippen LogP contribution >= 0.6 is 0 Å². The van der Waals surface area contributed by atoms with E-state index in [1.165, 1.54) is 0 Å². The molecule has 1 saturated heterocycles. The van der Waals surface area contributed by atoms with Crippen LogP contribution in [0.4, 0.5) is 24.9 Å². The minimum atomic E-state index is -4.57. The Bertz CT molecular complexity index is 1660. The molecule has 1 fully saturated rings. The fraction of sp³-hybridized carbons (Fsp3) is 0.250. The highest BCUT2D eigenvalue weighted by atomic mass is 19.4. The van der Waals surface area contributed by atoms with Gasteiger partial charge in [0.15, 0.2) is 5.69 Å². The number of benzene rings is 1. The molecule has 2 aliphatic heterocycles. The molecule has 0 unspecified atom stereocenters. The number of halogens is 3. The van der Waals surface area contributed by atoms with Crippen molar-refractivity contribution in [3.63, 3.8) is 0 Å². The number of hydrogen-bond acceptors (Lipinski definition) is 9. The van der Waals surface area contributed by atoms with Gasteiger partial charge >= 0.3 is 12.2 Å². The molecule has 0 bridgehead atoms. The van der Waals surface area contributed by atoms with Gasteiger partial charge in [-0.3, -0.25) is 4.79 Å². The molecule has 208 valence electrons. The number of carbonyl (C=O) groups excluding carboxylic acids is 1. The van der Waals surface area contributed by atoms with Crippen LogP contribution in [0.1, 0.15) is 11.1 Å². The number of piperazine rings is 1. The quantitative estimate of drug-likeness (QED) is 0.457. The maximum Gasteiger partial charge on any atom is 0.417 e. The van der Waals surface area contributed by atoms with Crippen LogP contribution in [0.3, 0.4) is 0 Å². The zero-order valence-corrected chi connectivity index (χ0v) is 21.7. The number of likely N-dealkylation sites (N-methyl/N-ethyl adjacent to an activating group) is 1. The van der Waals surface area contributed by atoms with E-state index in [0.717, 1.165) is 17.8 Å². The van der Waals surface area contributed by atoms with E-state index in [-0.39, 0.29) is 23.3 Å². The molecular weight excluding hydrogens is 537 g/mol. The molecule has 1 atom stereocenters. The molecule has 3 aliphatic rings. The van der Waals surface area contributed by atoms with E-state index in [2.05, 4.69) is 47.2 Å². The summed E-state index contributed by atoms with van der Waals surface area (Å²) in [6.45, 7) is 2.34. The number of aromatic nitrogens is 3. The van der Waals surface area contributed by atoms with Crippen LogP contribution in [0.15, 0.2) is 86.9 Å². The van der Waals surface area contributed by atoms with Crippen LogP contribution in [-0.2, 0) is 11.0 Å². The summed E-state index contributed by atoms with van der Waals surface area (Å²) in [6, 6.07) is 10.2. The maximum atomic E-state index is 13.5. The zero-order chi connectivity index (χ0) is 28.6. The van der Waals surface area contributed by atoms with Crippen molar-refractivity contribution in [2.75, 3.05) is 43.4 Å². The topological polar surface area (TPSA) is 112 Å². The molecular formula is C28H23F3N8O2. The normalized spacial score (nSPS) is 19.1. The number of fused-ring (bicyclic) bond motifs is 1. The van der Waals surface area contributed by atoms with Crippen molar-refractivity contribution in [2.45, 2.75) is 12.3 Å². The van der Waals surface area contributed by atoms with Gasteiger partial charge in [-0.2, -0.15) is 13.2 Å². The number of nitrogens with one attached hydrogen (secondary N) is 2. The Labute approximate surface area is 232 Å². The predicted octanol–water partition coefficient (Wildman–Crippen LogP) is 3.39. The Balaban J connectivity index is 1.33. The monoisotopic (exact) mass is 560 g/mol. The van der Waals surface area contributed by atoms with Crippen molar-refractivity contribution in [2.24, 2.45) is 4.99 Å². The number of rotatable bonds is 5. The van der Waals surface area contributed by atoms with Crippen molar-refractivity contribution in [1.82, 2.24) is 25.4 Å². The minimum Gasteiger partial charge on any atom is -0.402 e. The summed E-state index contributed by atoms with van der Waals surface area (Å²) in [7, 11) is 1.95.